The minimum atomic E-state index is 0. The van der Waals surface area contributed by atoms with E-state index in [0.29, 0.717) is 0 Å². The first kappa shape index (κ1) is 13.1. The Morgan fingerprint density at radius 1 is 1.31 bits per heavy atom. The lowest BCUT2D eigenvalue weighted by Gasteiger charge is -2.17. The van der Waals surface area contributed by atoms with Gasteiger partial charge in [-0.15, -0.1) is 12.4 Å². The molecule has 0 spiro atoms. The summed E-state index contributed by atoms with van der Waals surface area (Å²) in [6.07, 6.45) is 3.34. The Hall–Kier alpha value is -0.990. The van der Waals surface area contributed by atoms with E-state index < -0.39 is 0 Å². The third-order valence-electron chi connectivity index (χ3n) is 2.60. The molecule has 1 N–H and O–H groups in total. The number of nitrogens with one attached hydrogen (secondary N) is 1. The van der Waals surface area contributed by atoms with E-state index in [1.54, 1.807) is 0 Å². The molecule has 88 valence electrons. The van der Waals surface area contributed by atoms with Gasteiger partial charge in [0.1, 0.15) is 5.75 Å². The lowest BCUT2D eigenvalue weighted by atomic mass is 9.99. The predicted molar refractivity (Wildman–Crippen MR) is 70.3 cm³/mol. The van der Waals surface area contributed by atoms with E-state index in [0.717, 1.165) is 31.9 Å². The molecule has 0 radical (unpaired) electrons. The summed E-state index contributed by atoms with van der Waals surface area (Å²) in [5, 5.41) is 3.32. The van der Waals surface area contributed by atoms with Crippen molar-refractivity contribution in [3.8, 4) is 5.75 Å². The average Bonchev–Trinajstić information content (AvgIpc) is 2.31. The number of ether oxygens (including phenoxy) is 1. The topological polar surface area (TPSA) is 21.3 Å². The van der Waals surface area contributed by atoms with Crippen LogP contribution in [0.15, 0.2) is 30.3 Å². The third kappa shape index (κ3) is 3.00. The summed E-state index contributed by atoms with van der Waals surface area (Å²) in [6.45, 7) is 4.78. The van der Waals surface area contributed by atoms with Gasteiger partial charge >= 0.3 is 0 Å². The molecule has 0 bridgehead atoms. The van der Waals surface area contributed by atoms with E-state index in [4.69, 9.17) is 4.74 Å². The van der Waals surface area contributed by atoms with Gasteiger partial charge in [-0.25, -0.2) is 0 Å². The van der Waals surface area contributed by atoms with Crippen LogP contribution < -0.4 is 10.1 Å². The molecule has 0 unspecified atom stereocenters. The Kier molecular flexibility index (Phi) is 5.36. The zero-order chi connectivity index (χ0) is 10.5. The first-order valence-corrected chi connectivity index (χ1v) is 5.53. The normalized spacial score (nSPS) is 14.9. The van der Waals surface area contributed by atoms with Gasteiger partial charge in [0.2, 0.25) is 0 Å². The van der Waals surface area contributed by atoms with Crippen LogP contribution in [0.4, 0.5) is 0 Å². The second-order valence-corrected chi connectivity index (χ2v) is 3.61. The molecule has 0 amide bonds. The minimum Gasteiger partial charge on any atom is -0.493 e. The van der Waals surface area contributed by atoms with E-state index >= 15 is 0 Å². The van der Waals surface area contributed by atoms with E-state index in [1.165, 1.54) is 11.1 Å². The van der Waals surface area contributed by atoms with Crippen LogP contribution in [0.2, 0.25) is 0 Å². The molecular weight excluding hydrogens is 222 g/mol. The molecule has 1 aromatic rings. The van der Waals surface area contributed by atoms with Gasteiger partial charge in [0.15, 0.2) is 0 Å². The molecule has 3 heteroatoms. The van der Waals surface area contributed by atoms with E-state index in [2.05, 4.69) is 23.5 Å². The maximum atomic E-state index is 5.63. The molecule has 2 nitrogen and oxygen atoms in total. The van der Waals surface area contributed by atoms with Gasteiger partial charge < -0.3 is 10.1 Å². The van der Waals surface area contributed by atoms with Crippen molar-refractivity contribution < 1.29 is 4.74 Å². The Balaban J connectivity index is 0.00000128. The van der Waals surface area contributed by atoms with Gasteiger partial charge in [-0.3, -0.25) is 0 Å². The van der Waals surface area contributed by atoms with Crippen LogP contribution in [-0.2, 0) is 0 Å². The zero-order valence-corrected chi connectivity index (χ0v) is 10.3. The SMILES string of the molecule is CCOc1ccccc1C1=CCNCC1.Cl. The summed E-state index contributed by atoms with van der Waals surface area (Å²) in [5.41, 5.74) is 2.65. The van der Waals surface area contributed by atoms with Crippen molar-refractivity contribution in [3.05, 3.63) is 35.9 Å². The largest absolute Gasteiger partial charge is 0.493 e. The van der Waals surface area contributed by atoms with Crippen LogP contribution >= 0.6 is 12.4 Å². The number of rotatable bonds is 3. The van der Waals surface area contributed by atoms with Gasteiger partial charge in [-0.1, -0.05) is 24.3 Å². The molecule has 1 aliphatic heterocycles. The molecule has 0 aromatic heterocycles. The summed E-state index contributed by atoms with van der Waals surface area (Å²) in [5.74, 6) is 1.01. The minimum absolute atomic E-state index is 0. The first-order valence-electron chi connectivity index (χ1n) is 5.53. The fourth-order valence-electron chi connectivity index (χ4n) is 1.88. The lowest BCUT2D eigenvalue weighted by molar-refractivity contribution is 0.339. The van der Waals surface area contributed by atoms with Crippen LogP contribution in [0, 0.1) is 0 Å². The smallest absolute Gasteiger partial charge is 0.126 e. The Morgan fingerprint density at radius 2 is 2.12 bits per heavy atom. The molecule has 0 saturated heterocycles. The predicted octanol–water partition coefficient (Wildman–Crippen LogP) is 2.88. The Morgan fingerprint density at radius 3 is 2.81 bits per heavy atom. The van der Waals surface area contributed by atoms with Crippen molar-refractivity contribution >= 4 is 18.0 Å². The fourth-order valence-corrected chi connectivity index (χ4v) is 1.88. The molecule has 1 heterocycles. The highest BCUT2D eigenvalue weighted by molar-refractivity contribution is 5.85. The van der Waals surface area contributed by atoms with Crippen LogP contribution in [0.3, 0.4) is 0 Å². The van der Waals surface area contributed by atoms with Crippen LogP contribution in [0.25, 0.3) is 5.57 Å². The molecule has 0 saturated carbocycles. The van der Waals surface area contributed by atoms with Crippen molar-refractivity contribution in [2.75, 3.05) is 19.7 Å². The number of benzene rings is 1. The Labute approximate surface area is 103 Å². The molecule has 0 aliphatic carbocycles. The van der Waals surface area contributed by atoms with E-state index in [1.807, 2.05) is 19.1 Å². The summed E-state index contributed by atoms with van der Waals surface area (Å²) in [7, 11) is 0. The molecule has 1 aliphatic rings. The fraction of sp³-hybridized carbons (Fsp3) is 0.385. The Bertz CT molecular complexity index is 363. The highest BCUT2D eigenvalue weighted by Gasteiger charge is 2.09. The van der Waals surface area contributed by atoms with Crippen LogP contribution in [0.1, 0.15) is 18.9 Å². The maximum absolute atomic E-state index is 5.63. The van der Waals surface area contributed by atoms with Crippen LogP contribution in [-0.4, -0.2) is 19.7 Å². The van der Waals surface area contributed by atoms with Gasteiger partial charge in [0.05, 0.1) is 6.61 Å². The average molecular weight is 240 g/mol. The third-order valence-corrected chi connectivity index (χ3v) is 2.60. The van der Waals surface area contributed by atoms with Crippen LogP contribution in [0.5, 0.6) is 5.75 Å². The van der Waals surface area contributed by atoms with Gasteiger partial charge in [0, 0.05) is 12.1 Å². The highest BCUT2D eigenvalue weighted by atomic mass is 35.5. The number of halogens is 1. The quantitative estimate of drug-likeness (QED) is 0.876. The van der Waals surface area contributed by atoms with Crippen molar-refractivity contribution in [1.29, 1.82) is 0 Å². The lowest BCUT2D eigenvalue weighted by Crippen LogP contribution is -2.20. The molecular formula is C13H18ClNO. The second kappa shape index (κ2) is 6.56. The van der Waals surface area contributed by atoms with Crippen molar-refractivity contribution in [3.63, 3.8) is 0 Å². The van der Waals surface area contributed by atoms with Gasteiger partial charge in [-0.2, -0.15) is 0 Å². The molecule has 16 heavy (non-hydrogen) atoms. The summed E-state index contributed by atoms with van der Waals surface area (Å²) in [6, 6.07) is 8.28. The molecule has 1 aromatic carbocycles. The van der Waals surface area contributed by atoms with Gasteiger partial charge in [-0.05, 0) is 31.5 Å². The van der Waals surface area contributed by atoms with Crippen molar-refractivity contribution in [1.82, 2.24) is 5.32 Å². The second-order valence-electron chi connectivity index (χ2n) is 3.61. The first-order chi connectivity index (χ1) is 7.42. The number of hydrogen-bond acceptors (Lipinski definition) is 2. The standard InChI is InChI=1S/C13H17NO.ClH/c1-2-15-13-6-4-3-5-12(13)11-7-9-14-10-8-11;/h3-7,14H,2,8-10H2,1H3;1H. The monoisotopic (exact) mass is 239 g/mol. The molecule has 0 fully saturated rings. The number of para-hydroxylation sites is 1. The molecule has 2 rings (SSSR count). The van der Waals surface area contributed by atoms with Crippen molar-refractivity contribution in [2.45, 2.75) is 13.3 Å². The molecule has 0 atom stereocenters. The van der Waals surface area contributed by atoms with Gasteiger partial charge in [0.25, 0.3) is 0 Å². The van der Waals surface area contributed by atoms with Crippen molar-refractivity contribution in [2.24, 2.45) is 0 Å². The summed E-state index contributed by atoms with van der Waals surface area (Å²) >= 11 is 0. The zero-order valence-electron chi connectivity index (χ0n) is 9.53. The number of hydrogen-bond donors (Lipinski definition) is 1. The van der Waals surface area contributed by atoms with E-state index in [9.17, 15) is 0 Å². The summed E-state index contributed by atoms with van der Waals surface area (Å²) < 4.78 is 5.63. The highest BCUT2D eigenvalue weighted by Crippen LogP contribution is 2.28. The maximum Gasteiger partial charge on any atom is 0.126 e. The summed E-state index contributed by atoms with van der Waals surface area (Å²) in [4.78, 5) is 0. The van der Waals surface area contributed by atoms with E-state index in [-0.39, 0.29) is 12.4 Å².